The highest BCUT2D eigenvalue weighted by Crippen LogP contribution is 2.37. The van der Waals surface area contributed by atoms with Crippen molar-refractivity contribution in [3.63, 3.8) is 0 Å². The second-order valence-corrected chi connectivity index (χ2v) is 5.06. The third-order valence-corrected chi connectivity index (χ3v) is 4.08. The van der Waals surface area contributed by atoms with Crippen molar-refractivity contribution in [1.29, 1.82) is 0 Å². The Bertz CT molecular complexity index is 408. The molecule has 0 amide bonds. The summed E-state index contributed by atoms with van der Waals surface area (Å²) in [6, 6.07) is 9.54. The Labute approximate surface area is 97.8 Å². The van der Waals surface area contributed by atoms with Crippen LogP contribution in [0.15, 0.2) is 30.3 Å². The molecule has 1 nitrogen and oxygen atoms in total. The van der Waals surface area contributed by atoms with Gasteiger partial charge in [0.25, 0.3) is 0 Å². The molecule has 1 heterocycles. The molecule has 2 unspecified atom stereocenters. The average molecular weight is 213 g/mol. The number of hydrogen-bond acceptors (Lipinski definition) is 1. The number of benzene rings is 1. The van der Waals surface area contributed by atoms with Crippen molar-refractivity contribution in [2.45, 2.75) is 31.2 Å². The lowest BCUT2D eigenvalue weighted by Crippen LogP contribution is -2.39. The van der Waals surface area contributed by atoms with E-state index in [1.165, 1.54) is 36.9 Å². The van der Waals surface area contributed by atoms with E-state index in [-0.39, 0.29) is 0 Å². The van der Waals surface area contributed by atoms with Crippen LogP contribution in [0.3, 0.4) is 0 Å². The minimum atomic E-state index is 0.626. The van der Waals surface area contributed by atoms with E-state index < -0.39 is 0 Å². The second kappa shape index (κ2) is 4.06. The summed E-state index contributed by atoms with van der Waals surface area (Å²) in [6.45, 7) is 1.26. The number of rotatable bonds is 1. The molecule has 3 rings (SSSR count). The molecule has 2 aliphatic rings. The first-order chi connectivity index (χ1) is 7.86. The molecule has 0 radical (unpaired) electrons. The molecule has 0 aromatic heterocycles. The summed E-state index contributed by atoms with van der Waals surface area (Å²) in [5.74, 6) is 0.626. The monoisotopic (exact) mass is 213 g/mol. The Balaban J connectivity index is 1.89. The van der Waals surface area contributed by atoms with Crippen molar-refractivity contribution in [2.75, 3.05) is 13.6 Å². The molecule has 2 atom stereocenters. The molecule has 1 aliphatic heterocycles. The SMILES string of the molecule is CN1CCCCC1C1C=Cc2ccccc21. The lowest BCUT2D eigenvalue weighted by atomic mass is 9.87. The van der Waals surface area contributed by atoms with Gasteiger partial charge in [-0.25, -0.2) is 0 Å². The predicted octanol–water partition coefficient (Wildman–Crippen LogP) is 3.28. The predicted molar refractivity (Wildman–Crippen MR) is 68.5 cm³/mol. The van der Waals surface area contributed by atoms with Gasteiger partial charge in [-0.3, -0.25) is 0 Å². The lowest BCUT2D eigenvalue weighted by molar-refractivity contribution is 0.172. The van der Waals surface area contributed by atoms with E-state index in [0.717, 1.165) is 0 Å². The van der Waals surface area contributed by atoms with Crippen LogP contribution < -0.4 is 0 Å². The standard InChI is InChI=1S/C15H19N/c1-16-11-5-4-8-15(16)14-10-9-12-6-2-3-7-13(12)14/h2-3,6-7,9-10,14-15H,4-5,8,11H2,1H3. The third kappa shape index (κ3) is 1.60. The van der Waals surface area contributed by atoms with Gasteiger partial charge < -0.3 is 4.90 Å². The molecule has 16 heavy (non-hydrogen) atoms. The van der Waals surface area contributed by atoms with Crippen molar-refractivity contribution >= 4 is 6.08 Å². The molecule has 0 saturated carbocycles. The highest BCUT2D eigenvalue weighted by Gasteiger charge is 2.30. The van der Waals surface area contributed by atoms with Crippen LogP contribution in [0.2, 0.25) is 0 Å². The Hall–Kier alpha value is -1.08. The smallest absolute Gasteiger partial charge is 0.0196 e. The molecule has 1 saturated heterocycles. The number of piperidine rings is 1. The number of fused-ring (bicyclic) bond motifs is 1. The minimum Gasteiger partial charge on any atom is -0.302 e. The first-order valence-electron chi connectivity index (χ1n) is 6.33. The molecule has 1 aromatic carbocycles. The summed E-state index contributed by atoms with van der Waals surface area (Å²) in [6.07, 6.45) is 8.80. The molecular formula is C15H19N. The first kappa shape index (κ1) is 10.1. The van der Waals surface area contributed by atoms with E-state index in [0.29, 0.717) is 12.0 Å². The van der Waals surface area contributed by atoms with Crippen LogP contribution in [-0.2, 0) is 0 Å². The van der Waals surface area contributed by atoms with Crippen molar-refractivity contribution < 1.29 is 0 Å². The van der Waals surface area contributed by atoms with E-state index in [1.807, 2.05) is 0 Å². The fourth-order valence-corrected chi connectivity index (χ4v) is 3.17. The highest BCUT2D eigenvalue weighted by molar-refractivity contribution is 5.62. The molecule has 0 bridgehead atoms. The Kier molecular flexibility index (Phi) is 2.56. The van der Waals surface area contributed by atoms with Crippen molar-refractivity contribution in [3.8, 4) is 0 Å². The van der Waals surface area contributed by atoms with Gasteiger partial charge in [0.2, 0.25) is 0 Å². The maximum Gasteiger partial charge on any atom is 0.0196 e. The summed E-state index contributed by atoms with van der Waals surface area (Å²) >= 11 is 0. The summed E-state index contributed by atoms with van der Waals surface area (Å²) < 4.78 is 0. The van der Waals surface area contributed by atoms with Gasteiger partial charge >= 0.3 is 0 Å². The van der Waals surface area contributed by atoms with Crippen LogP contribution in [0, 0.1) is 0 Å². The molecule has 0 N–H and O–H groups in total. The summed E-state index contributed by atoms with van der Waals surface area (Å²) in [5.41, 5.74) is 2.95. The largest absolute Gasteiger partial charge is 0.302 e. The quantitative estimate of drug-likeness (QED) is 0.692. The summed E-state index contributed by atoms with van der Waals surface area (Å²) in [7, 11) is 2.28. The molecule has 1 aromatic rings. The Morgan fingerprint density at radius 1 is 1.19 bits per heavy atom. The van der Waals surface area contributed by atoms with E-state index in [2.05, 4.69) is 48.4 Å². The van der Waals surface area contributed by atoms with E-state index >= 15 is 0 Å². The maximum absolute atomic E-state index is 2.54. The van der Waals surface area contributed by atoms with Crippen LogP contribution in [0.1, 0.15) is 36.3 Å². The molecule has 1 heteroatoms. The van der Waals surface area contributed by atoms with Gasteiger partial charge in [-0.05, 0) is 37.6 Å². The minimum absolute atomic E-state index is 0.626. The molecule has 0 spiro atoms. The van der Waals surface area contributed by atoms with Crippen molar-refractivity contribution in [2.24, 2.45) is 0 Å². The van der Waals surface area contributed by atoms with Gasteiger partial charge in [-0.15, -0.1) is 0 Å². The van der Waals surface area contributed by atoms with Gasteiger partial charge in [-0.2, -0.15) is 0 Å². The zero-order valence-corrected chi connectivity index (χ0v) is 9.89. The number of hydrogen-bond donors (Lipinski definition) is 0. The lowest BCUT2D eigenvalue weighted by Gasteiger charge is -2.36. The molecular weight excluding hydrogens is 194 g/mol. The van der Waals surface area contributed by atoms with E-state index in [9.17, 15) is 0 Å². The number of nitrogens with zero attached hydrogens (tertiary/aromatic N) is 1. The molecule has 84 valence electrons. The second-order valence-electron chi connectivity index (χ2n) is 5.06. The number of likely N-dealkylation sites (tertiary alicyclic amines) is 1. The molecule has 1 fully saturated rings. The molecule has 1 aliphatic carbocycles. The summed E-state index contributed by atoms with van der Waals surface area (Å²) in [4.78, 5) is 2.54. The van der Waals surface area contributed by atoms with E-state index in [4.69, 9.17) is 0 Å². The fraction of sp³-hybridized carbons (Fsp3) is 0.467. The zero-order valence-electron chi connectivity index (χ0n) is 9.89. The topological polar surface area (TPSA) is 3.24 Å². The highest BCUT2D eigenvalue weighted by atomic mass is 15.1. The maximum atomic E-state index is 2.54. The van der Waals surface area contributed by atoms with Crippen LogP contribution in [-0.4, -0.2) is 24.5 Å². The Morgan fingerprint density at radius 3 is 2.94 bits per heavy atom. The van der Waals surface area contributed by atoms with Gasteiger partial charge in [0.05, 0.1) is 0 Å². The van der Waals surface area contributed by atoms with Gasteiger partial charge in [0, 0.05) is 12.0 Å². The van der Waals surface area contributed by atoms with Crippen LogP contribution >= 0.6 is 0 Å². The fourth-order valence-electron chi connectivity index (χ4n) is 3.17. The van der Waals surface area contributed by atoms with E-state index in [1.54, 1.807) is 0 Å². The average Bonchev–Trinajstić information content (AvgIpc) is 2.74. The van der Waals surface area contributed by atoms with Crippen LogP contribution in [0.25, 0.3) is 6.08 Å². The summed E-state index contributed by atoms with van der Waals surface area (Å²) in [5, 5.41) is 0. The Morgan fingerprint density at radius 2 is 2.06 bits per heavy atom. The van der Waals surface area contributed by atoms with Crippen molar-refractivity contribution in [3.05, 3.63) is 41.5 Å². The van der Waals surface area contributed by atoms with Crippen LogP contribution in [0.5, 0.6) is 0 Å². The van der Waals surface area contributed by atoms with Gasteiger partial charge in [0.1, 0.15) is 0 Å². The van der Waals surface area contributed by atoms with Crippen molar-refractivity contribution in [1.82, 2.24) is 4.90 Å². The van der Waals surface area contributed by atoms with Gasteiger partial charge in [0.15, 0.2) is 0 Å². The normalized spacial score (nSPS) is 29.3. The first-order valence-corrected chi connectivity index (χ1v) is 6.33. The third-order valence-electron chi connectivity index (χ3n) is 4.08. The van der Waals surface area contributed by atoms with Crippen LogP contribution in [0.4, 0.5) is 0 Å². The van der Waals surface area contributed by atoms with Gasteiger partial charge in [-0.1, -0.05) is 42.8 Å². The zero-order chi connectivity index (χ0) is 11.0. The number of likely N-dealkylation sites (N-methyl/N-ethyl adjacent to an activating group) is 1.